The fourth-order valence-electron chi connectivity index (χ4n) is 1.52. The molecule has 2 rings (SSSR count). The molecule has 0 radical (unpaired) electrons. The van der Waals surface area contributed by atoms with Crippen molar-refractivity contribution in [1.82, 2.24) is 19.7 Å². The van der Waals surface area contributed by atoms with E-state index in [1.165, 1.54) is 23.1 Å². The van der Waals surface area contributed by atoms with Gasteiger partial charge in [0.2, 0.25) is 11.7 Å². The Hall–Kier alpha value is -2.32. The summed E-state index contributed by atoms with van der Waals surface area (Å²) in [5, 5.41) is 6.65. The molecule has 2 heterocycles. The number of nitrogens with zero attached hydrogens (tertiary/aromatic N) is 4. The summed E-state index contributed by atoms with van der Waals surface area (Å²) in [6, 6.07) is 1.32. The van der Waals surface area contributed by atoms with E-state index in [-0.39, 0.29) is 11.7 Å². The summed E-state index contributed by atoms with van der Waals surface area (Å²) in [6.07, 6.45) is -0.982. The number of halogens is 3. The van der Waals surface area contributed by atoms with Crippen molar-refractivity contribution in [1.29, 1.82) is 0 Å². The highest BCUT2D eigenvalue weighted by Gasteiger charge is 2.35. The topological polar surface area (TPSA) is 64.9 Å². The Labute approximate surface area is 119 Å². The third kappa shape index (κ3) is 4.07. The largest absolute Gasteiger partial charge is 0.451 e. The summed E-state index contributed by atoms with van der Waals surface area (Å²) in [4.78, 5) is 6.82. The maximum atomic E-state index is 12.8. The molecule has 0 spiro atoms. The van der Waals surface area contributed by atoms with Gasteiger partial charge in [0.25, 0.3) is 0 Å². The van der Waals surface area contributed by atoms with E-state index in [1.54, 1.807) is 7.05 Å². The highest BCUT2D eigenvalue weighted by Crippen LogP contribution is 2.30. The standard InChI is InChI=1S/C12H14F3N5O/c1-3-4-16-9-5-10(19-11(18-9)12(13,14)15)21-8-6-17-20(2)7-8/h5-7H,3-4H2,1-2H3,(H,16,18,19). The minimum absolute atomic E-state index is 0.0677. The Morgan fingerprint density at radius 2 is 2.10 bits per heavy atom. The van der Waals surface area contributed by atoms with Crippen LogP contribution in [-0.4, -0.2) is 26.3 Å². The number of nitrogens with one attached hydrogen (secondary N) is 1. The summed E-state index contributed by atoms with van der Waals surface area (Å²) in [6.45, 7) is 2.40. The second-order valence-electron chi connectivity index (χ2n) is 4.29. The van der Waals surface area contributed by atoms with Gasteiger partial charge in [-0.25, -0.2) is 4.98 Å². The second-order valence-corrected chi connectivity index (χ2v) is 4.29. The highest BCUT2D eigenvalue weighted by molar-refractivity contribution is 5.40. The van der Waals surface area contributed by atoms with Crippen LogP contribution in [0.3, 0.4) is 0 Å². The van der Waals surface area contributed by atoms with E-state index >= 15 is 0 Å². The molecule has 0 saturated heterocycles. The van der Waals surface area contributed by atoms with Gasteiger partial charge in [0.1, 0.15) is 5.82 Å². The van der Waals surface area contributed by atoms with E-state index < -0.39 is 12.0 Å². The van der Waals surface area contributed by atoms with Crippen molar-refractivity contribution < 1.29 is 17.9 Å². The van der Waals surface area contributed by atoms with E-state index in [1.807, 2.05) is 6.92 Å². The predicted octanol–water partition coefficient (Wildman–Crippen LogP) is 2.84. The number of hydrogen-bond donors (Lipinski definition) is 1. The molecule has 114 valence electrons. The van der Waals surface area contributed by atoms with Crippen LogP contribution in [0.2, 0.25) is 0 Å². The molecule has 6 nitrogen and oxygen atoms in total. The highest BCUT2D eigenvalue weighted by atomic mass is 19.4. The molecule has 0 amide bonds. The van der Waals surface area contributed by atoms with Crippen molar-refractivity contribution in [3.05, 3.63) is 24.3 Å². The van der Waals surface area contributed by atoms with Crippen molar-refractivity contribution >= 4 is 5.82 Å². The van der Waals surface area contributed by atoms with Gasteiger partial charge in [-0.05, 0) is 6.42 Å². The number of anilines is 1. The van der Waals surface area contributed by atoms with Gasteiger partial charge in [-0.15, -0.1) is 0 Å². The lowest BCUT2D eigenvalue weighted by molar-refractivity contribution is -0.145. The molecule has 0 fully saturated rings. The first kappa shape index (κ1) is 15.1. The van der Waals surface area contributed by atoms with E-state index in [9.17, 15) is 13.2 Å². The van der Waals surface area contributed by atoms with Crippen molar-refractivity contribution in [3.63, 3.8) is 0 Å². The first-order valence-electron chi connectivity index (χ1n) is 6.25. The molecule has 0 aliphatic rings. The predicted molar refractivity (Wildman–Crippen MR) is 69.1 cm³/mol. The zero-order valence-electron chi connectivity index (χ0n) is 11.5. The molecule has 0 aromatic carbocycles. The zero-order chi connectivity index (χ0) is 15.5. The lowest BCUT2D eigenvalue weighted by Gasteiger charge is -2.11. The number of aromatic nitrogens is 4. The minimum Gasteiger partial charge on any atom is -0.436 e. The molecule has 0 aliphatic carbocycles. The Kier molecular flexibility index (Phi) is 4.29. The van der Waals surface area contributed by atoms with Crippen LogP contribution in [0.25, 0.3) is 0 Å². The van der Waals surface area contributed by atoms with Gasteiger partial charge in [-0.1, -0.05) is 6.92 Å². The molecule has 0 aliphatic heterocycles. The fourth-order valence-corrected chi connectivity index (χ4v) is 1.52. The van der Waals surface area contributed by atoms with Gasteiger partial charge in [0.15, 0.2) is 5.75 Å². The summed E-state index contributed by atoms with van der Waals surface area (Å²) in [5.41, 5.74) is 0. The minimum atomic E-state index is -4.64. The molecule has 0 saturated carbocycles. The molecular weight excluding hydrogens is 287 g/mol. The molecule has 2 aromatic heterocycles. The average Bonchev–Trinajstić information content (AvgIpc) is 2.80. The molecule has 0 unspecified atom stereocenters. The van der Waals surface area contributed by atoms with Gasteiger partial charge in [0, 0.05) is 19.7 Å². The van der Waals surface area contributed by atoms with Crippen molar-refractivity contribution in [3.8, 4) is 11.6 Å². The molecule has 1 N–H and O–H groups in total. The second kappa shape index (κ2) is 5.98. The fraction of sp³-hybridized carbons (Fsp3) is 0.417. The summed E-state index contributed by atoms with van der Waals surface area (Å²) in [7, 11) is 1.67. The van der Waals surface area contributed by atoms with Crippen molar-refractivity contribution in [2.45, 2.75) is 19.5 Å². The molecule has 0 bridgehead atoms. The van der Waals surface area contributed by atoms with Gasteiger partial charge in [-0.3, -0.25) is 4.68 Å². The molecule has 0 atom stereocenters. The summed E-state index contributed by atoms with van der Waals surface area (Å²) < 4.78 is 45.1. The van der Waals surface area contributed by atoms with Gasteiger partial charge in [0.05, 0.1) is 12.4 Å². The van der Waals surface area contributed by atoms with Gasteiger partial charge < -0.3 is 10.1 Å². The number of ether oxygens (including phenoxy) is 1. The van der Waals surface area contributed by atoms with Gasteiger partial charge in [-0.2, -0.15) is 23.3 Å². The smallest absolute Gasteiger partial charge is 0.436 e. The van der Waals surface area contributed by atoms with Crippen LogP contribution < -0.4 is 10.1 Å². The first-order valence-corrected chi connectivity index (χ1v) is 6.25. The van der Waals surface area contributed by atoms with Crippen LogP contribution in [-0.2, 0) is 13.2 Å². The van der Waals surface area contributed by atoms with E-state index in [2.05, 4.69) is 20.4 Å². The number of alkyl halides is 3. The van der Waals surface area contributed by atoms with E-state index in [0.717, 1.165) is 6.42 Å². The van der Waals surface area contributed by atoms with Crippen LogP contribution in [0.5, 0.6) is 11.6 Å². The first-order chi connectivity index (χ1) is 9.88. The average molecular weight is 301 g/mol. The zero-order valence-corrected chi connectivity index (χ0v) is 11.5. The Morgan fingerprint density at radius 3 is 2.67 bits per heavy atom. The van der Waals surface area contributed by atoms with Gasteiger partial charge >= 0.3 is 6.18 Å². The maximum absolute atomic E-state index is 12.8. The van der Waals surface area contributed by atoms with Crippen LogP contribution >= 0.6 is 0 Å². The Morgan fingerprint density at radius 1 is 1.33 bits per heavy atom. The summed E-state index contributed by atoms with van der Waals surface area (Å²) >= 11 is 0. The number of rotatable bonds is 5. The summed E-state index contributed by atoms with van der Waals surface area (Å²) in [5.74, 6) is -1.07. The number of hydrogen-bond acceptors (Lipinski definition) is 5. The number of aryl methyl sites for hydroxylation is 1. The van der Waals surface area contributed by atoms with Crippen molar-refractivity contribution in [2.75, 3.05) is 11.9 Å². The molecule has 21 heavy (non-hydrogen) atoms. The Bertz CT molecular complexity index is 611. The lowest BCUT2D eigenvalue weighted by Crippen LogP contribution is -2.14. The normalized spacial score (nSPS) is 11.5. The third-order valence-corrected chi connectivity index (χ3v) is 2.42. The van der Waals surface area contributed by atoms with Crippen molar-refractivity contribution in [2.24, 2.45) is 7.05 Å². The maximum Gasteiger partial charge on any atom is 0.451 e. The van der Waals surface area contributed by atoms with Crippen LogP contribution in [0.4, 0.5) is 19.0 Å². The lowest BCUT2D eigenvalue weighted by atomic mass is 10.4. The molecule has 9 heteroatoms. The molecule has 2 aromatic rings. The monoisotopic (exact) mass is 301 g/mol. The SMILES string of the molecule is CCCNc1cc(Oc2cnn(C)c2)nc(C(F)(F)F)n1. The van der Waals surface area contributed by atoms with E-state index in [4.69, 9.17) is 4.74 Å². The third-order valence-electron chi connectivity index (χ3n) is 2.42. The molecular formula is C12H14F3N5O. The quantitative estimate of drug-likeness (QED) is 0.920. The van der Waals surface area contributed by atoms with Crippen LogP contribution in [0.1, 0.15) is 19.2 Å². The van der Waals surface area contributed by atoms with E-state index in [0.29, 0.717) is 12.3 Å². The van der Waals surface area contributed by atoms with Crippen LogP contribution in [0.15, 0.2) is 18.5 Å². The Balaban J connectivity index is 2.30. The van der Waals surface area contributed by atoms with Crippen LogP contribution in [0, 0.1) is 0 Å².